The molecule has 8 nitrogen and oxygen atoms in total. The lowest BCUT2D eigenvalue weighted by atomic mass is 9.96. The summed E-state index contributed by atoms with van der Waals surface area (Å²) in [6, 6.07) is 5.41. The zero-order valence-corrected chi connectivity index (χ0v) is 15.6. The predicted molar refractivity (Wildman–Crippen MR) is 97.5 cm³/mol. The van der Waals surface area contributed by atoms with Crippen molar-refractivity contribution in [3.8, 4) is 0 Å². The number of aromatic nitrogens is 1. The third kappa shape index (κ3) is 3.53. The lowest BCUT2D eigenvalue weighted by Gasteiger charge is -2.35. The molecule has 144 valence electrons. The number of nitrogens with zero attached hydrogens (tertiary/aromatic N) is 4. The van der Waals surface area contributed by atoms with Crippen molar-refractivity contribution in [3.05, 3.63) is 30.1 Å². The van der Waals surface area contributed by atoms with Crippen LogP contribution in [0.3, 0.4) is 0 Å². The van der Waals surface area contributed by atoms with Gasteiger partial charge in [0.15, 0.2) is 0 Å². The molecule has 4 amide bonds. The molecule has 3 aliphatic rings. The van der Waals surface area contributed by atoms with Gasteiger partial charge in [0.1, 0.15) is 12.1 Å². The van der Waals surface area contributed by atoms with E-state index in [1.165, 1.54) is 0 Å². The second kappa shape index (κ2) is 6.92. The summed E-state index contributed by atoms with van der Waals surface area (Å²) < 4.78 is 0. The molecule has 2 saturated heterocycles. The van der Waals surface area contributed by atoms with Crippen LogP contribution in [0.25, 0.3) is 0 Å². The number of rotatable bonds is 5. The molecule has 0 aromatic carbocycles. The third-order valence-electron chi connectivity index (χ3n) is 5.83. The van der Waals surface area contributed by atoms with Gasteiger partial charge in [-0.15, -0.1) is 0 Å². The van der Waals surface area contributed by atoms with Gasteiger partial charge < -0.3 is 10.2 Å². The molecule has 3 fully saturated rings. The molecule has 1 aromatic heterocycles. The summed E-state index contributed by atoms with van der Waals surface area (Å²) in [6.45, 7) is 5.05. The molecular formula is C19H25N5O3. The zero-order valence-electron chi connectivity index (χ0n) is 15.6. The highest BCUT2D eigenvalue weighted by atomic mass is 16.2. The molecule has 1 saturated carbocycles. The molecule has 4 rings (SSSR count). The number of urea groups is 1. The lowest BCUT2D eigenvalue weighted by molar-refractivity contribution is -0.140. The van der Waals surface area contributed by atoms with Crippen molar-refractivity contribution in [2.75, 3.05) is 32.7 Å². The van der Waals surface area contributed by atoms with E-state index in [0.717, 1.165) is 43.1 Å². The van der Waals surface area contributed by atoms with Crippen LogP contribution in [0, 0.1) is 5.92 Å². The number of amides is 4. The van der Waals surface area contributed by atoms with E-state index in [-0.39, 0.29) is 24.3 Å². The molecular weight excluding hydrogens is 346 g/mol. The Balaban J connectivity index is 1.30. The monoisotopic (exact) mass is 371 g/mol. The minimum Gasteiger partial charge on any atom is -0.339 e. The van der Waals surface area contributed by atoms with Gasteiger partial charge in [0, 0.05) is 38.9 Å². The van der Waals surface area contributed by atoms with E-state index in [0.29, 0.717) is 13.1 Å². The number of carbonyl (C=O) groups excluding carboxylic acids is 3. The first-order valence-electron chi connectivity index (χ1n) is 9.51. The first-order valence-corrected chi connectivity index (χ1v) is 9.51. The second-order valence-corrected chi connectivity index (χ2v) is 7.78. The van der Waals surface area contributed by atoms with Crippen LogP contribution in [0.15, 0.2) is 24.4 Å². The van der Waals surface area contributed by atoms with Crippen molar-refractivity contribution in [3.63, 3.8) is 0 Å². The van der Waals surface area contributed by atoms with Crippen molar-refractivity contribution < 1.29 is 14.4 Å². The molecule has 1 unspecified atom stereocenters. The summed E-state index contributed by atoms with van der Waals surface area (Å²) in [5.41, 5.74) is 0.176. The Morgan fingerprint density at radius 1 is 1.22 bits per heavy atom. The maximum Gasteiger partial charge on any atom is 0.325 e. The fourth-order valence-electron chi connectivity index (χ4n) is 3.91. The van der Waals surface area contributed by atoms with E-state index in [2.05, 4.69) is 15.2 Å². The van der Waals surface area contributed by atoms with Gasteiger partial charge in [-0.1, -0.05) is 6.07 Å². The van der Waals surface area contributed by atoms with E-state index in [1.807, 2.05) is 18.2 Å². The van der Waals surface area contributed by atoms with Gasteiger partial charge in [-0.05, 0) is 37.8 Å². The van der Waals surface area contributed by atoms with Crippen LogP contribution in [-0.2, 0) is 16.1 Å². The van der Waals surface area contributed by atoms with E-state index in [4.69, 9.17) is 0 Å². The van der Waals surface area contributed by atoms with Gasteiger partial charge >= 0.3 is 6.03 Å². The van der Waals surface area contributed by atoms with Crippen molar-refractivity contribution in [2.24, 2.45) is 5.92 Å². The largest absolute Gasteiger partial charge is 0.339 e. The van der Waals surface area contributed by atoms with Crippen LogP contribution in [0.5, 0.6) is 0 Å². The van der Waals surface area contributed by atoms with Gasteiger partial charge in [-0.3, -0.25) is 24.4 Å². The maximum absolute atomic E-state index is 12.6. The first-order chi connectivity index (χ1) is 13.0. The Labute approximate surface area is 158 Å². The summed E-state index contributed by atoms with van der Waals surface area (Å²) in [7, 11) is 0. The van der Waals surface area contributed by atoms with E-state index in [9.17, 15) is 14.4 Å². The Morgan fingerprint density at radius 2 is 1.96 bits per heavy atom. The minimum absolute atomic E-state index is 0.170. The fraction of sp³-hybridized carbons (Fsp3) is 0.579. The third-order valence-corrected chi connectivity index (χ3v) is 5.83. The van der Waals surface area contributed by atoms with E-state index < -0.39 is 11.6 Å². The molecule has 0 radical (unpaired) electrons. The summed E-state index contributed by atoms with van der Waals surface area (Å²) in [6.07, 6.45) is 3.67. The van der Waals surface area contributed by atoms with E-state index >= 15 is 0 Å². The highest BCUT2D eigenvalue weighted by Gasteiger charge is 2.56. The van der Waals surface area contributed by atoms with Crippen LogP contribution < -0.4 is 5.32 Å². The van der Waals surface area contributed by atoms with Gasteiger partial charge in [0.2, 0.25) is 5.91 Å². The number of hydrogen-bond donors (Lipinski definition) is 1. The molecule has 1 aromatic rings. The van der Waals surface area contributed by atoms with Gasteiger partial charge in [0.25, 0.3) is 5.91 Å². The number of nitrogens with one attached hydrogen (secondary N) is 1. The quantitative estimate of drug-likeness (QED) is 0.760. The van der Waals surface area contributed by atoms with E-state index in [1.54, 1.807) is 18.0 Å². The second-order valence-electron chi connectivity index (χ2n) is 7.78. The predicted octanol–water partition coefficient (Wildman–Crippen LogP) is 0.446. The van der Waals surface area contributed by atoms with Crippen LogP contribution in [0.2, 0.25) is 0 Å². The standard InChI is InChI=1S/C19H25N5O3/c1-19(14-5-6-14)17(26)24(18(27)21-19)13-16(25)23-10-8-22(9-11-23)12-15-4-2-3-7-20-15/h2-4,7,14H,5-6,8-13H2,1H3,(H,21,27). The SMILES string of the molecule is CC1(C2CC2)NC(=O)N(CC(=O)N2CCN(Cc3ccccn3)CC2)C1=O. The van der Waals surface area contributed by atoms with Gasteiger partial charge in [-0.25, -0.2) is 4.79 Å². The zero-order chi connectivity index (χ0) is 19.0. The fourth-order valence-corrected chi connectivity index (χ4v) is 3.91. The molecule has 1 aliphatic carbocycles. The maximum atomic E-state index is 12.6. The Kier molecular flexibility index (Phi) is 4.59. The van der Waals surface area contributed by atoms with Crippen molar-refractivity contribution in [2.45, 2.75) is 31.8 Å². The highest BCUT2D eigenvalue weighted by Crippen LogP contribution is 2.42. The smallest absolute Gasteiger partial charge is 0.325 e. The van der Waals surface area contributed by atoms with Gasteiger partial charge in [-0.2, -0.15) is 0 Å². The number of pyridine rings is 1. The summed E-state index contributed by atoms with van der Waals surface area (Å²) >= 11 is 0. The minimum atomic E-state index is -0.835. The van der Waals surface area contributed by atoms with Crippen LogP contribution >= 0.6 is 0 Å². The summed E-state index contributed by atoms with van der Waals surface area (Å²) in [5.74, 6) is -0.239. The average Bonchev–Trinajstić information content (AvgIpc) is 3.49. The molecule has 2 aliphatic heterocycles. The average molecular weight is 371 g/mol. The van der Waals surface area contributed by atoms with Crippen LogP contribution in [-0.4, -0.2) is 75.8 Å². The highest BCUT2D eigenvalue weighted by molar-refractivity contribution is 6.09. The van der Waals surface area contributed by atoms with Crippen molar-refractivity contribution >= 4 is 17.8 Å². The molecule has 0 spiro atoms. The molecule has 1 atom stereocenters. The van der Waals surface area contributed by atoms with Crippen molar-refractivity contribution in [1.82, 2.24) is 25.0 Å². The number of hydrogen-bond acceptors (Lipinski definition) is 5. The lowest BCUT2D eigenvalue weighted by Crippen LogP contribution is -2.52. The van der Waals surface area contributed by atoms with Gasteiger partial charge in [0.05, 0.1) is 5.69 Å². The summed E-state index contributed by atoms with van der Waals surface area (Å²) in [4.78, 5) is 46.9. The Hall–Kier alpha value is -2.48. The summed E-state index contributed by atoms with van der Waals surface area (Å²) in [5, 5.41) is 2.79. The molecule has 8 heteroatoms. The number of imide groups is 1. The molecule has 3 heterocycles. The molecule has 1 N–H and O–H groups in total. The van der Waals surface area contributed by atoms with Crippen molar-refractivity contribution in [1.29, 1.82) is 0 Å². The number of piperazine rings is 1. The van der Waals surface area contributed by atoms with Crippen LogP contribution in [0.1, 0.15) is 25.5 Å². The van der Waals surface area contributed by atoms with Crippen LogP contribution in [0.4, 0.5) is 4.79 Å². The molecule has 27 heavy (non-hydrogen) atoms. The first kappa shape index (κ1) is 17.9. The number of carbonyl (C=O) groups is 3. The topological polar surface area (TPSA) is 85.8 Å². The normalized spacial score (nSPS) is 26.4. The molecule has 0 bridgehead atoms. The Bertz CT molecular complexity index is 743. The Morgan fingerprint density at radius 3 is 2.59 bits per heavy atom.